The Morgan fingerprint density at radius 3 is 2.32 bits per heavy atom. The first-order valence-electron chi connectivity index (χ1n) is 9.28. The summed E-state index contributed by atoms with van der Waals surface area (Å²) in [6.45, 7) is -0.202. The van der Waals surface area contributed by atoms with E-state index in [1.54, 1.807) is 0 Å². The van der Waals surface area contributed by atoms with Crippen LogP contribution in [0.1, 0.15) is 17.0 Å². The van der Waals surface area contributed by atoms with E-state index in [0.29, 0.717) is 0 Å². The maximum Gasteiger partial charge on any atom is 0.508 e. The summed E-state index contributed by atoms with van der Waals surface area (Å²) < 4.78 is 15.9. The van der Waals surface area contributed by atoms with E-state index in [2.05, 4.69) is 12.1 Å². The molecule has 6 nitrogen and oxygen atoms in total. The predicted octanol–water partition coefficient (Wildman–Crippen LogP) is 2.03. The predicted molar refractivity (Wildman–Crippen MR) is 102 cm³/mol. The molecule has 1 aliphatic carbocycles. The molecule has 7 heteroatoms. The number of aliphatic hydroxyl groups excluding tert-OH is 2. The van der Waals surface area contributed by atoms with Gasteiger partial charge in [-0.2, -0.15) is 0 Å². The zero-order valence-corrected chi connectivity index (χ0v) is 15.2. The van der Waals surface area contributed by atoms with Crippen LogP contribution in [0, 0.1) is 0 Å². The Balaban J connectivity index is 1.44. The first-order valence-corrected chi connectivity index (χ1v) is 9.28. The number of carbonyl (C=O) groups excluding carboxylic acids is 1. The van der Waals surface area contributed by atoms with Crippen molar-refractivity contribution in [1.29, 1.82) is 0 Å². The molecule has 1 saturated heterocycles. The number of hydrogen-bond acceptors (Lipinski definition) is 6. The van der Waals surface area contributed by atoms with E-state index in [-0.39, 0.29) is 19.1 Å². The van der Waals surface area contributed by atoms with E-state index in [0.717, 1.165) is 22.3 Å². The van der Waals surface area contributed by atoms with Crippen molar-refractivity contribution in [2.75, 3.05) is 19.8 Å². The van der Waals surface area contributed by atoms with E-state index >= 15 is 0 Å². The molecule has 4 atom stereocenters. The number of aliphatic hydroxyl groups is 2. The molecule has 0 aromatic heterocycles. The van der Waals surface area contributed by atoms with Crippen molar-refractivity contribution < 1.29 is 29.2 Å². The van der Waals surface area contributed by atoms with Gasteiger partial charge in [-0.1, -0.05) is 48.5 Å². The first-order chi connectivity index (χ1) is 13.6. The molecule has 1 heterocycles. The van der Waals surface area contributed by atoms with Crippen LogP contribution in [0.4, 0.5) is 4.79 Å². The average molecular weight is 380 g/mol. The Bertz CT molecular complexity index is 811. The van der Waals surface area contributed by atoms with Crippen LogP contribution in [0.25, 0.3) is 11.1 Å². The normalized spacial score (nSPS) is 26.4. The average Bonchev–Trinajstić information content (AvgIpc) is 3.03. The number of rotatable bonds is 4. The molecule has 1 aliphatic heterocycles. The van der Waals surface area contributed by atoms with Crippen LogP contribution in [0.3, 0.4) is 0 Å². The molecule has 4 unspecified atom stereocenters. The van der Waals surface area contributed by atoms with Gasteiger partial charge in [0.05, 0.1) is 14.5 Å². The van der Waals surface area contributed by atoms with E-state index in [9.17, 15) is 15.0 Å². The summed E-state index contributed by atoms with van der Waals surface area (Å²) in [5.41, 5.74) is 4.46. The number of hydrogen-bond donors (Lipinski definition) is 2. The highest BCUT2D eigenvalue weighted by Gasteiger charge is 2.40. The maximum atomic E-state index is 12.3. The Morgan fingerprint density at radius 2 is 1.71 bits per heavy atom. The summed E-state index contributed by atoms with van der Waals surface area (Å²) in [6, 6.07) is 16.1. The lowest BCUT2D eigenvalue weighted by molar-refractivity contribution is -0.154. The summed E-state index contributed by atoms with van der Waals surface area (Å²) in [5.74, 6) is -0.781. The summed E-state index contributed by atoms with van der Waals surface area (Å²) >= 11 is 0. The fourth-order valence-electron chi connectivity index (χ4n) is 3.95. The van der Waals surface area contributed by atoms with Gasteiger partial charge in [-0.25, -0.2) is 4.79 Å². The van der Waals surface area contributed by atoms with E-state index in [1.807, 2.05) is 36.4 Å². The third kappa shape index (κ3) is 3.41. The molecule has 1 fully saturated rings. The number of ether oxygens (including phenoxy) is 3. The summed E-state index contributed by atoms with van der Waals surface area (Å²) in [5, 5.41) is 19.4. The quantitative estimate of drug-likeness (QED) is 0.624. The SMILES string of the molecule is [B]C1COC(CO)C(O)C1OC(=O)OCC1c2ccccc2-c2ccccc21. The van der Waals surface area contributed by atoms with Gasteiger partial charge in [-0.05, 0) is 28.1 Å². The Labute approximate surface area is 164 Å². The first kappa shape index (κ1) is 19.0. The van der Waals surface area contributed by atoms with Crippen LogP contribution >= 0.6 is 0 Å². The summed E-state index contributed by atoms with van der Waals surface area (Å²) in [6.07, 6.45) is -3.96. The molecule has 144 valence electrons. The van der Waals surface area contributed by atoms with Crippen molar-refractivity contribution in [3.63, 3.8) is 0 Å². The summed E-state index contributed by atoms with van der Waals surface area (Å²) in [4.78, 5) is 12.3. The van der Waals surface area contributed by atoms with E-state index in [4.69, 9.17) is 22.1 Å². The Hall–Kier alpha value is -2.35. The second kappa shape index (κ2) is 7.95. The number of carbonyl (C=O) groups is 1. The minimum atomic E-state index is -1.21. The smallest absolute Gasteiger partial charge is 0.433 e. The highest BCUT2D eigenvalue weighted by Crippen LogP contribution is 2.44. The number of benzene rings is 2. The van der Waals surface area contributed by atoms with Gasteiger partial charge in [-0.3, -0.25) is 0 Å². The van der Waals surface area contributed by atoms with Crippen molar-refractivity contribution in [3.05, 3.63) is 59.7 Å². The molecular weight excluding hydrogens is 359 g/mol. The molecular formula is C21H21BO6. The summed E-state index contributed by atoms with van der Waals surface area (Å²) in [7, 11) is 5.88. The standard InChI is InChI=1S/C21H21BO6/c22-17-11-26-18(9-23)19(24)20(17)28-21(25)27-10-16-14-7-3-1-5-12(14)13-6-2-4-8-15(13)16/h1-8,16-20,23-24H,9-11H2. The lowest BCUT2D eigenvalue weighted by Crippen LogP contribution is -2.51. The Morgan fingerprint density at radius 1 is 1.11 bits per heavy atom. The lowest BCUT2D eigenvalue weighted by Gasteiger charge is -2.37. The lowest BCUT2D eigenvalue weighted by atomic mass is 9.78. The zero-order chi connectivity index (χ0) is 19.7. The minimum Gasteiger partial charge on any atom is -0.433 e. The van der Waals surface area contributed by atoms with Crippen LogP contribution in [-0.4, -0.2) is 62.3 Å². The van der Waals surface area contributed by atoms with Crippen molar-refractivity contribution in [3.8, 4) is 11.1 Å². The van der Waals surface area contributed by atoms with Crippen molar-refractivity contribution >= 4 is 14.0 Å². The van der Waals surface area contributed by atoms with Crippen LogP contribution in [0.5, 0.6) is 0 Å². The fourth-order valence-corrected chi connectivity index (χ4v) is 3.95. The van der Waals surface area contributed by atoms with Crippen molar-refractivity contribution in [2.45, 2.75) is 30.0 Å². The molecule has 4 rings (SSSR count). The van der Waals surface area contributed by atoms with Crippen molar-refractivity contribution in [2.24, 2.45) is 0 Å². The van der Waals surface area contributed by atoms with Gasteiger partial charge in [0.25, 0.3) is 0 Å². The molecule has 0 spiro atoms. The van der Waals surface area contributed by atoms with Gasteiger partial charge in [0.2, 0.25) is 0 Å². The van der Waals surface area contributed by atoms with Gasteiger partial charge in [0.15, 0.2) is 0 Å². The molecule has 28 heavy (non-hydrogen) atoms. The maximum absolute atomic E-state index is 12.3. The molecule has 2 N–H and O–H groups in total. The highest BCUT2D eigenvalue weighted by atomic mass is 16.7. The van der Waals surface area contributed by atoms with Crippen LogP contribution in [0.2, 0.25) is 5.82 Å². The second-order valence-electron chi connectivity index (χ2n) is 7.08. The second-order valence-corrected chi connectivity index (χ2v) is 7.08. The van der Waals surface area contributed by atoms with Crippen LogP contribution in [0.15, 0.2) is 48.5 Å². The van der Waals surface area contributed by atoms with Gasteiger partial charge in [0.1, 0.15) is 24.9 Å². The van der Waals surface area contributed by atoms with Crippen LogP contribution < -0.4 is 0 Å². The monoisotopic (exact) mass is 380 g/mol. The molecule has 2 radical (unpaired) electrons. The van der Waals surface area contributed by atoms with E-state index < -0.39 is 36.9 Å². The Kier molecular flexibility index (Phi) is 5.39. The van der Waals surface area contributed by atoms with Crippen LogP contribution in [-0.2, 0) is 14.2 Å². The van der Waals surface area contributed by atoms with Gasteiger partial charge >= 0.3 is 6.16 Å². The molecule has 2 aromatic rings. The molecule has 2 aromatic carbocycles. The van der Waals surface area contributed by atoms with Gasteiger partial charge in [-0.15, -0.1) is 0 Å². The van der Waals surface area contributed by atoms with Crippen molar-refractivity contribution in [1.82, 2.24) is 0 Å². The molecule has 0 bridgehead atoms. The largest absolute Gasteiger partial charge is 0.508 e. The fraction of sp³-hybridized carbons (Fsp3) is 0.381. The zero-order valence-electron chi connectivity index (χ0n) is 15.2. The van der Waals surface area contributed by atoms with Gasteiger partial charge < -0.3 is 24.4 Å². The molecule has 0 amide bonds. The number of fused-ring (bicyclic) bond motifs is 3. The van der Waals surface area contributed by atoms with Gasteiger partial charge in [0, 0.05) is 12.5 Å². The topological polar surface area (TPSA) is 85.2 Å². The molecule has 0 saturated carbocycles. The minimum absolute atomic E-state index is 0.0730. The molecule has 2 aliphatic rings. The third-order valence-electron chi connectivity index (χ3n) is 5.38. The highest BCUT2D eigenvalue weighted by molar-refractivity contribution is 6.12. The van der Waals surface area contributed by atoms with E-state index in [1.165, 1.54) is 0 Å². The third-order valence-corrected chi connectivity index (χ3v) is 5.38.